The summed E-state index contributed by atoms with van der Waals surface area (Å²) in [5, 5.41) is 0. The highest BCUT2D eigenvalue weighted by molar-refractivity contribution is 4.82. The lowest BCUT2D eigenvalue weighted by Crippen LogP contribution is -2.47. The molecule has 0 saturated carbocycles. The molecular weight excluding hydrogens is 196 g/mol. The van der Waals surface area contributed by atoms with Crippen LogP contribution < -0.4 is 5.73 Å². The molecule has 1 heterocycles. The summed E-state index contributed by atoms with van der Waals surface area (Å²) in [7, 11) is 0. The van der Waals surface area contributed by atoms with Crippen LogP contribution in [0.5, 0.6) is 0 Å². The second kappa shape index (κ2) is 6.61. The van der Waals surface area contributed by atoms with Crippen LogP contribution in [0.4, 0.5) is 0 Å². The number of nitrogens with zero attached hydrogens (tertiary/aromatic N) is 1. The molecule has 2 heteroatoms. The van der Waals surface area contributed by atoms with E-state index in [0.717, 1.165) is 18.9 Å². The fourth-order valence-electron chi connectivity index (χ4n) is 2.70. The molecular formula is C14H30N2. The van der Waals surface area contributed by atoms with Crippen molar-refractivity contribution in [3.05, 3.63) is 0 Å². The molecule has 2 N–H and O–H groups in total. The fraction of sp³-hybridized carbons (Fsp3) is 1.00. The summed E-state index contributed by atoms with van der Waals surface area (Å²) in [6, 6.07) is 0. The summed E-state index contributed by atoms with van der Waals surface area (Å²) < 4.78 is 0. The van der Waals surface area contributed by atoms with Crippen molar-refractivity contribution in [1.82, 2.24) is 4.90 Å². The van der Waals surface area contributed by atoms with Crippen molar-refractivity contribution in [3.8, 4) is 0 Å². The van der Waals surface area contributed by atoms with Crippen LogP contribution in [0, 0.1) is 5.92 Å². The van der Waals surface area contributed by atoms with E-state index >= 15 is 0 Å². The second-order valence-corrected chi connectivity index (χ2v) is 5.87. The Morgan fingerprint density at radius 2 is 2.00 bits per heavy atom. The molecule has 0 spiro atoms. The smallest absolute Gasteiger partial charge is 0.0252 e. The van der Waals surface area contributed by atoms with Crippen molar-refractivity contribution in [1.29, 1.82) is 0 Å². The van der Waals surface area contributed by atoms with Gasteiger partial charge >= 0.3 is 0 Å². The zero-order valence-corrected chi connectivity index (χ0v) is 11.5. The van der Waals surface area contributed by atoms with Gasteiger partial charge in [-0.3, -0.25) is 0 Å². The van der Waals surface area contributed by atoms with Crippen molar-refractivity contribution in [3.63, 3.8) is 0 Å². The maximum atomic E-state index is 6.25. The number of nitrogens with two attached hydrogens (primary N) is 1. The van der Waals surface area contributed by atoms with Crippen LogP contribution in [-0.2, 0) is 0 Å². The quantitative estimate of drug-likeness (QED) is 0.781. The minimum atomic E-state index is 0.00456. The summed E-state index contributed by atoms with van der Waals surface area (Å²) in [5.74, 6) is 0.973. The molecule has 0 aliphatic carbocycles. The highest BCUT2D eigenvalue weighted by Gasteiger charge is 2.22. The second-order valence-electron chi connectivity index (χ2n) is 5.87. The monoisotopic (exact) mass is 226 g/mol. The van der Waals surface area contributed by atoms with Crippen molar-refractivity contribution in [2.24, 2.45) is 11.7 Å². The molecule has 1 aliphatic heterocycles. The number of likely N-dealkylation sites (tertiary alicyclic amines) is 1. The van der Waals surface area contributed by atoms with Gasteiger partial charge in [-0.25, -0.2) is 0 Å². The largest absolute Gasteiger partial charge is 0.324 e. The summed E-state index contributed by atoms with van der Waals surface area (Å²) in [6.45, 7) is 10.3. The van der Waals surface area contributed by atoms with E-state index in [1.54, 1.807) is 0 Å². The SMILES string of the molecule is CCCC1CCCN(CC(C)(N)CC)CC1. The molecule has 2 nitrogen and oxygen atoms in total. The lowest BCUT2D eigenvalue weighted by Gasteiger charge is -2.31. The standard InChI is InChI=1S/C14H30N2/c1-4-7-13-8-6-10-16(11-9-13)12-14(3,15)5-2/h13H,4-12,15H2,1-3H3. The van der Waals surface area contributed by atoms with Gasteiger partial charge in [-0.15, -0.1) is 0 Å². The molecule has 0 aromatic heterocycles. The summed E-state index contributed by atoms with van der Waals surface area (Å²) in [6.07, 6.45) is 8.01. The van der Waals surface area contributed by atoms with E-state index in [1.165, 1.54) is 45.2 Å². The molecule has 2 atom stereocenters. The molecule has 96 valence electrons. The minimum absolute atomic E-state index is 0.00456. The van der Waals surface area contributed by atoms with Crippen molar-refractivity contribution in [2.75, 3.05) is 19.6 Å². The van der Waals surface area contributed by atoms with Gasteiger partial charge in [0.1, 0.15) is 0 Å². The Bertz CT molecular complexity index is 189. The van der Waals surface area contributed by atoms with Gasteiger partial charge in [0.25, 0.3) is 0 Å². The van der Waals surface area contributed by atoms with E-state index in [2.05, 4.69) is 25.7 Å². The molecule has 0 aromatic carbocycles. The summed E-state index contributed by atoms with van der Waals surface area (Å²) in [4.78, 5) is 2.58. The Balaban J connectivity index is 2.35. The summed E-state index contributed by atoms with van der Waals surface area (Å²) in [5.41, 5.74) is 6.25. The molecule has 16 heavy (non-hydrogen) atoms. The first kappa shape index (κ1) is 14.0. The molecule has 0 aromatic rings. The molecule has 1 fully saturated rings. The van der Waals surface area contributed by atoms with Crippen LogP contribution in [0.25, 0.3) is 0 Å². The predicted octanol–water partition coefficient (Wildman–Crippen LogP) is 3.02. The highest BCUT2D eigenvalue weighted by Crippen LogP contribution is 2.22. The predicted molar refractivity (Wildman–Crippen MR) is 71.6 cm³/mol. The van der Waals surface area contributed by atoms with E-state index < -0.39 is 0 Å². The third-order valence-electron chi connectivity index (χ3n) is 4.03. The Morgan fingerprint density at radius 1 is 1.25 bits per heavy atom. The highest BCUT2D eigenvalue weighted by atomic mass is 15.1. The molecule has 2 unspecified atom stereocenters. The van der Waals surface area contributed by atoms with E-state index in [4.69, 9.17) is 5.73 Å². The van der Waals surface area contributed by atoms with Gasteiger partial charge in [0, 0.05) is 12.1 Å². The van der Waals surface area contributed by atoms with Gasteiger partial charge in [0.05, 0.1) is 0 Å². The number of rotatable bonds is 5. The average molecular weight is 226 g/mol. The Hall–Kier alpha value is -0.0800. The van der Waals surface area contributed by atoms with E-state index in [-0.39, 0.29) is 5.54 Å². The van der Waals surface area contributed by atoms with Crippen LogP contribution in [0.1, 0.15) is 59.3 Å². The molecule has 0 radical (unpaired) electrons. The first-order chi connectivity index (χ1) is 7.57. The van der Waals surface area contributed by atoms with Crippen LogP contribution >= 0.6 is 0 Å². The van der Waals surface area contributed by atoms with Gasteiger partial charge in [-0.2, -0.15) is 0 Å². The van der Waals surface area contributed by atoms with Gasteiger partial charge < -0.3 is 10.6 Å². The lowest BCUT2D eigenvalue weighted by atomic mass is 9.96. The van der Waals surface area contributed by atoms with Crippen molar-refractivity contribution < 1.29 is 0 Å². The normalized spacial score (nSPS) is 27.4. The third-order valence-corrected chi connectivity index (χ3v) is 4.03. The Labute approximate surface area is 102 Å². The van der Waals surface area contributed by atoms with Gasteiger partial charge in [-0.05, 0) is 51.6 Å². The van der Waals surface area contributed by atoms with Gasteiger partial charge in [0.15, 0.2) is 0 Å². The number of hydrogen-bond acceptors (Lipinski definition) is 2. The molecule has 1 aliphatic rings. The zero-order chi connectivity index (χ0) is 12.0. The summed E-state index contributed by atoms with van der Waals surface area (Å²) >= 11 is 0. The lowest BCUT2D eigenvalue weighted by molar-refractivity contribution is 0.217. The van der Waals surface area contributed by atoms with Crippen LogP contribution in [-0.4, -0.2) is 30.1 Å². The first-order valence-corrected chi connectivity index (χ1v) is 7.08. The Kier molecular flexibility index (Phi) is 5.77. The molecule has 0 amide bonds. The van der Waals surface area contributed by atoms with Crippen LogP contribution in [0.15, 0.2) is 0 Å². The minimum Gasteiger partial charge on any atom is -0.324 e. The van der Waals surface area contributed by atoms with Gasteiger partial charge in [0.2, 0.25) is 0 Å². The maximum absolute atomic E-state index is 6.25. The third kappa shape index (κ3) is 4.84. The van der Waals surface area contributed by atoms with Gasteiger partial charge in [-0.1, -0.05) is 26.7 Å². The Morgan fingerprint density at radius 3 is 2.62 bits per heavy atom. The molecule has 1 saturated heterocycles. The van der Waals surface area contributed by atoms with E-state index in [9.17, 15) is 0 Å². The molecule has 0 bridgehead atoms. The maximum Gasteiger partial charge on any atom is 0.0252 e. The van der Waals surface area contributed by atoms with Crippen LogP contribution in [0.3, 0.4) is 0 Å². The molecule has 1 rings (SSSR count). The number of hydrogen-bond donors (Lipinski definition) is 1. The zero-order valence-electron chi connectivity index (χ0n) is 11.5. The van der Waals surface area contributed by atoms with E-state index in [1.807, 2.05) is 0 Å². The first-order valence-electron chi connectivity index (χ1n) is 7.08. The topological polar surface area (TPSA) is 29.3 Å². The van der Waals surface area contributed by atoms with Crippen LogP contribution in [0.2, 0.25) is 0 Å². The van der Waals surface area contributed by atoms with Crippen molar-refractivity contribution in [2.45, 2.75) is 64.8 Å². The van der Waals surface area contributed by atoms with Crippen molar-refractivity contribution >= 4 is 0 Å². The average Bonchev–Trinajstić information content (AvgIpc) is 2.44. The van der Waals surface area contributed by atoms with E-state index in [0.29, 0.717) is 0 Å². The fourth-order valence-corrected chi connectivity index (χ4v) is 2.70.